The molecule has 0 unspecified atom stereocenters. The minimum absolute atomic E-state index is 0.156. The van der Waals surface area contributed by atoms with Gasteiger partial charge in [-0.05, 0) is 31.9 Å². The zero-order valence-corrected chi connectivity index (χ0v) is 8.27. The molecule has 1 aliphatic heterocycles. The van der Waals surface area contributed by atoms with E-state index in [0.717, 1.165) is 30.0 Å². The molecule has 0 amide bonds. The molecule has 0 saturated carbocycles. The van der Waals surface area contributed by atoms with E-state index in [1.54, 1.807) is 0 Å². The van der Waals surface area contributed by atoms with E-state index in [2.05, 4.69) is 12.2 Å². The van der Waals surface area contributed by atoms with E-state index in [0.29, 0.717) is 0 Å². The summed E-state index contributed by atoms with van der Waals surface area (Å²) in [6.07, 6.45) is 0. The van der Waals surface area contributed by atoms with Crippen LogP contribution in [0.3, 0.4) is 0 Å². The van der Waals surface area contributed by atoms with Crippen LogP contribution in [0.5, 0.6) is 0 Å². The molecule has 0 aliphatic carbocycles. The highest BCUT2D eigenvalue weighted by atomic mass is 16.1. The number of rotatable bonds is 0. The second-order valence-corrected chi connectivity index (χ2v) is 3.61. The molecule has 0 saturated heterocycles. The standard InChI is InChI=1S/C10H14N2O/c1-6-7(2)9-11-4-5-12(9)10(13)8(6)3/h11H,4-5H2,1-3H3. The minimum atomic E-state index is 0.156. The molecule has 1 aromatic heterocycles. The highest BCUT2D eigenvalue weighted by Crippen LogP contribution is 2.21. The van der Waals surface area contributed by atoms with Crippen LogP contribution >= 0.6 is 0 Å². The third-order valence-corrected chi connectivity index (χ3v) is 2.94. The second-order valence-electron chi connectivity index (χ2n) is 3.61. The Kier molecular flexibility index (Phi) is 1.68. The van der Waals surface area contributed by atoms with E-state index in [4.69, 9.17) is 0 Å². The molecule has 0 atom stereocenters. The lowest BCUT2D eigenvalue weighted by Gasteiger charge is -2.11. The van der Waals surface area contributed by atoms with Crippen molar-refractivity contribution in [2.45, 2.75) is 27.3 Å². The number of nitrogens with zero attached hydrogens (tertiary/aromatic N) is 1. The first kappa shape index (κ1) is 8.35. The molecule has 3 heteroatoms. The molecule has 0 fully saturated rings. The first-order valence-electron chi connectivity index (χ1n) is 4.57. The summed E-state index contributed by atoms with van der Waals surface area (Å²) in [4.78, 5) is 11.8. The lowest BCUT2D eigenvalue weighted by molar-refractivity contribution is 0.761. The Bertz CT molecular complexity index is 418. The Morgan fingerprint density at radius 1 is 1.15 bits per heavy atom. The molecule has 0 aromatic carbocycles. The van der Waals surface area contributed by atoms with Crippen molar-refractivity contribution < 1.29 is 0 Å². The van der Waals surface area contributed by atoms with Gasteiger partial charge in [0, 0.05) is 18.7 Å². The van der Waals surface area contributed by atoms with Crippen LogP contribution in [0.25, 0.3) is 0 Å². The van der Waals surface area contributed by atoms with Crippen molar-refractivity contribution in [2.75, 3.05) is 11.9 Å². The van der Waals surface area contributed by atoms with Crippen molar-refractivity contribution in [3.05, 3.63) is 27.0 Å². The first-order valence-corrected chi connectivity index (χ1v) is 4.57. The van der Waals surface area contributed by atoms with Gasteiger partial charge in [0.2, 0.25) is 0 Å². The Labute approximate surface area is 77.4 Å². The van der Waals surface area contributed by atoms with E-state index in [1.165, 1.54) is 5.56 Å². The number of aromatic nitrogens is 1. The van der Waals surface area contributed by atoms with E-state index >= 15 is 0 Å². The Morgan fingerprint density at radius 3 is 2.54 bits per heavy atom. The minimum Gasteiger partial charge on any atom is -0.369 e. The SMILES string of the molecule is Cc1c(C)c2n(c(=O)c1C)CCN2. The van der Waals surface area contributed by atoms with Crippen LogP contribution in [0.2, 0.25) is 0 Å². The molecule has 2 heterocycles. The lowest BCUT2D eigenvalue weighted by atomic mass is 10.1. The number of anilines is 1. The summed E-state index contributed by atoms with van der Waals surface area (Å²) in [5.74, 6) is 1.01. The van der Waals surface area contributed by atoms with Crippen molar-refractivity contribution in [2.24, 2.45) is 0 Å². The van der Waals surface area contributed by atoms with Gasteiger partial charge in [0.15, 0.2) is 0 Å². The van der Waals surface area contributed by atoms with Crippen LogP contribution in [0.1, 0.15) is 16.7 Å². The quantitative estimate of drug-likeness (QED) is 0.647. The summed E-state index contributed by atoms with van der Waals surface area (Å²) < 4.78 is 1.83. The van der Waals surface area contributed by atoms with Gasteiger partial charge in [-0.25, -0.2) is 0 Å². The molecule has 13 heavy (non-hydrogen) atoms. The van der Waals surface area contributed by atoms with E-state index in [1.807, 2.05) is 18.4 Å². The van der Waals surface area contributed by atoms with Crippen molar-refractivity contribution >= 4 is 5.82 Å². The molecule has 0 spiro atoms. The van der Waals surface area contributed by atoms with Crippen molar-refractivity contribution in [1.82, 2.24) is 4.57 Å². The maximum atomic E-state index is 11.8. The third-order valence-electron chi connectivity index (χ3n) is 2.94. The largest absolute Gasteiger partial charge is 0.369 e. The van der Waals surface area contributed by atoms with Crippen LogP contribution in [0.4, 0.5) is 5.82 Å². The zero-order chi connectivity index (χ0) is 9.59. The number of fused-ring (bicyclic) bond motifs is 1. The lowest BCUT2D eigenvalue weighted by Crippen LogP contribution is -2.22. The van der Waals surface area contributed by atoms with Gasteiger partial charge in [0.25, 0.3) is 5.56 Å². The molecule has 1 N–H and O–H groups in total. The van der Waals surface area contributed by atoms with Gasteiger partial charge in [-0.1, -0.05) is 0 Å². The van der Waals surface area contributed by atoms with Crippen LogP contribution in [-0.4, -0.2) is 11.1 Å². The fourth-order valence-electron chi connectivity index (χ4n) is 1.85. The number of nitrogens with one attached hydrogen (secondary N) is 1. The Morgan fingerprint density at radius 2 is 1.85 bits per heavy atom. The van der Waals surface area contributed by atoms with E-state index < -0.39 is 0 Å². The molecular weight excluding hydrogens is 164 g/mol. The van der Waals surface area contributed by atoms with Crippen LogP contribution in [0.15, 0.2) is 4.79 Å². The molecule has 0 radical (unpaired) electrons. The van der Waals surface area contributed by atoms with Gasteiger partial charge in [-0.3, -0.25) is 9.36 Å². The van der Waals surface area contributed by atoms with Crippen molar-refractivity contribution in [3.8, 4) is 0 Å². The monoisotopic (exact) mass is 178 g/mol. The molecule has 0 bridgehead atoms. The van der Waals surface area contributed by atoms with Crippen LogP contribution in [0, 0.1) is 20.8 Å². The molecule has 1 aliphatic rings. The topological polar surface area (TPSA) is 34.0 Å². The average Bonchev–Trinajstić information content (AvgIpc) is 2.59. The summed E-state index contributed by atoms with van der Waals surface area (Å²) in [6, 6.07) is 0. The normalized spacial score (nSPS) is 14.1. The smallest absolute Gasteiger partial charge is 0.255 e. The van der Waals surface area contributed by atoms with Crippen molar-refractivity contribution in [3.63, 3.8) is 0 Å². The van der Waals surface area contributed by atoms with E-state index in [9.17, 15) is 4.79 Å². The van der Waals surface area contributed by atoms with Gasteiger partial charge in [0.1, 0.15) is 5.82 Å². The summed E-state index contributed by atoms with van der Waals surface area (Å²) in [5, 5.41) is 3.24. The van der Waals surface area contributed by atoms with Gasteiger partial charge >= 0.3 is 0 Å². The van der Waals surface area contributed by atoms with Gasteiger partial charge in [-0.15, -0.1) is 0 Å². The predicted octanol–water partition coefficient (Wildman–Crippen LogP) is 1.20. The fourth-order valence-corrected chi connectivity index (χ4v) is 1.85. The highest BCUT2D eigenvalue weighted by molar-refractivity contribution is 5.52. The number of hydrogen-bond donors (Lipinski definition) is 1. The van der Waals surface area contributed by atoms with E-state index in [-0.39, 0.29) is 5.56 Å². The maximum Gasteiger partial charge on any atom is 0.255 e. The highest BCUT2D eigenvalue weighted by Gasteiger charge is 2.17. The van der Waals surface area contributed by atoms with Crippen molar-refractivity contribution in [1.29, 1.82) is 0 Å². The van der Waals surface area contributed by atoms with Gasteiger partial charge in [-0.2, -0.15) is 0 Å². The summed E-state index contributed by atoms with van der Waals surface area (Å²) >= 11 is 0. The Balaban J connectivity index is 2.85. The van der Waals surface area contributed by atoms with Crippen LogP contribution in [-0.2, 0) is 6.54 Å². The van der Waals surface area contributed by atoms with Crippen LogP contribution < -0.4 is 10.9 Å². The average molecular weight is 178 g/mol. The summed E-state index contributed by atoms with van der Waals surface area (Å²) in [6.45, 7) is 7.64. The molecule has 2 rings (SSSR count). The maximum absolute atomic E-state index is 11.8. The second kappa shape index (κ2) is 2.62. The predicted molar refractivity (Wildman–Crippen MR) is 53.4 cm³/mol. The summed E-state index contributed by atoms with van der Waals surface area (Å²) in [5.41, 5.74) is 3.35. The van der Waals surface area contributed by atoms with Gasteiger partial charge in [0.05, 0.1) is 0 Å². The number of pyridine rings is 1. The number of hydrogen-bond acceptors (Lipinski definition) is 2. The molecular formula is C10H14N2O. The summed E-state index contributed by atoms with van der Waals surface area (Å²) in [7, 11) is 0. The first-order chi connectivity index (χ1) is 6.13. The molecule has 1 aromatic rings. The zero-order valence-electron chi connectivity index (χ0n) is 8.27. The molecule has 3 nitrogen and oxygen atoms in total. The fraction of sp³-hybridized carbons (Fsp3) is 0.500. The Hall–Kier alpha value is -1.25. The third kappa shape index (κ3) is 0.996. The molecule has 70 valence electrons. The van der Waals surface area contributed by atoms with Gasteiger partial charge < -0.3 is 5.32 Å².